The third-order valence-corrected chi connectivity index (χ3v) is 6.49. The van der Waals surface area contributed by atoms with Gasteiger partial charge in [0.1, 0.15) is 23.1 Å². The van der Waals surface area contributed by atoms with E-state index in [4.69, 9.17) is 10.5 Å². The molecule has 0 spiro atoms. The van der Waals surface area contributed by atoms with Gasteiger partial charge in [0.15, 0.2) is 17.4 Å². The molecule has 0 saturated carbocycles. The fourth-order valence-electron chi connectivity index (χ4n) is 4.53. The Labute approximate surface area is 234 Å². The SMILES string of the molecule is CC(C)CNC(=O)c1cn2ncnc(N)c2c1-c1ccc(Nc2nc3ccc(Oc4ccccc4)c(F)c3[nH]2)cc1. The Hall–Kier alpha value is -5.45. The van der Waals surface area contributed by atoms with Gasteiger partial charge in [-0.05, 0) is 47.9 Å². The molecular weight excluding hydrogens is 523 g/mol. The Morgan fingerprint density at radius 3 is 2.63 bits per heavy atom. The first-order valence-corrected chi connectivity index (χ1v) is 13.1. The van der Waals surface area contributed by atoms with Crippen molar-refractivity contribution in [3.8, 4) is 22.6 Å². The van der Waals surface area contributed by atoms with Gasteiger partial charge in [0, 0.05) is 24.0 Å². The number of imidazole rings is 1. The highest BCUT2D eigenvalue weighted by atomic mass is 19.1. The van der Waals surface area contributed by atoms with Gasteiger partial charge in [-0.2, -0.15) is 5.10 Å². The summed E-state index contributed by atoms with van der Waals surface area (Å²) in [6.45, 7) is 4.59. The maximum absolute atomic E-state index is 15.2. The fraction of sp³-hybridized carbons (Fsp3) is 0.133. The summed E-state index contributed by atoms with van der Waals surface area (Å²) in [5.74, 6) is 0.799. The van der Waals surface area contributed by atoms with Crippen LogP contribution in [0.3, 0.4) is 0 Å². The molecule has 0 aliphatic rings. The van der Waals surface area contributed by atoms with E-state index >= 15 is 4.39 Å². The van der Waals surface area contributed by atoms with Gasteiger partial charge in [-0.25, -0.2) is 18.9 Å². The molecule has 3 heterocycles. The fourth-order valence-corrected chi connectivity index (χ4v) is 4.53. The average Bonchev–Trinajstić information content (AvgIpc) is 3.57. The highest BCUT2D eigenvalue weighted by Gasteiger charge is 2.22. The zero-order chi connectivity index (χ0) is 28.5. The number of aromatic nitrogens is 5. The van der Waals surface area contributed by atoms with Crippen LogP contribution in [0.15, 0.2) is 79.3 Å². The van der Waals surface area contributed by atoms with Crippen LogP contribution in [0.4, 0.5) is 21.8 Å². The number of nitrogens with one attached hydrogen (secondary N) is 3. The third-order valence-electron chi connectivity index (χ3n) is 6.49. The topological polar surface area (TPSA) is 135 Å². The summed E-state index contributed by atoms with van der Waals surface area (Å²) in [6.07, 6.45) is 3.01. The average molecular weight is 551 g/mol. The van der Waals surface area contributed by atoms with E-state index in [-0.39, 0.29) is 23.0 Å². The van der Waals surface area contributed by atoms with Crippen molar-refractivity contribution in [1.29, 1.82) is 0 Å². The van der Waals surface area contributed by atoms with Crippen LogP contribution < -0.4 is 21.1 Å². The smallest absolute Gasteiger partial charge is 0.253 e. The number of aromatic amines is 1. The summed E-state index contributed by atoms with van der Waals surface area (Å²) in [5.41, 5.74) is 9.96. The molecule has 0 unspecified atom stereocenters. The van der Waals surface area contributed by atoms with Crippen molar-refractivity contribution in [2.45, 2.75) is 13.8 Å². The number of hydrogen-bond acceptors (Lipinski definition) is 7. The molecule has 6 aromatic rings. The van der Waals surface area contributed by atoms with Crippen molar-refractivity contribution in [1.82, 2.24) is 29.9 Å². The van der Waals surface area contributed by atoms with Crippen molar-refractivity contribution < 1.29 is 13.9 Å². The molecule has 3 aromatic heterocycles. The van der Waals surface area contributed by atoms with Crippen LogP contribution in [0, 0.1) is 11.7 Å². The number of carbonyl (C=O) groups is 1. The molecule has 6 rings (SSSR count). The third kappa shape index (κ3) is 5.12. The summed E-state index contributed by atoms with van der Waals surface area (Å²) in [5, 5.41) is 10.4. The molecule has 0 atom stereocenters. The second-order valence-electron chi connectivity index (χ2n) is 9.93. The molecular formula is C30H27FN8O2. The number of hydrogen-bond donors (Lipinski definition) is 4. The predicted molar refractivity (Wildman–Crippen MR) is 156 cm³/mol. The largest absolute Gasteiger partial charge is 0.454 e. The van der Waals surface area contributed by atoms with E-state index in [0.717, 1.165) is 5.56 Å². The lowest BCUT2D eigenvalue weighted by molar-refractivity contribution is 0.0949. The van der Waals surface area contributed by atoms with Crippen molar-refractivity contribution in [3.05, 3.63) is 90.6 Å². The van der Waals surface area contributed by atoms with Crippen molar-refractivity contribution in [3.63, 3.8) is 0 Å². The number of anilines is 3. The van der Waals surface area contributed by atoms with Crippen LogP contribution in [-0.4, -0.2) is 37.0 Å². The first-order chi connectivity index (χ1) is 19.9. The Balaban J connectivity index is 1.28. The number of ether oxygens (including phenoxy) is 1. The zero-order valence-corrected chi connectivity index (χ0v) is 22.4. The maximum atomic E-state index is 15.2. The number of rotatable bonds is 8. The summed E-state index contributed by atoms with van der Waals surface area (Å²) in [4.78, 5) is 24.7. The molecule has 0 fully saturated rings. The molecule has 0 aliphatic heterocycles. The number of fused-ring (bicyclic) bond motifs is 2. The summed E-state index contributed by atoms with van der Waals surface area (Å²) in [7, 11) is 0. The van der Waals surface area contributed by atoms with E-state index in [1.165, 1.54) is 6.33 Å². The van der Waals surface area contributed by atoms with Gasteiger partial charge >= 0.3 is 0 Å². The number of H-pyrrole nitrogens is 1. The van der Waals surface area contributed by atoms with Crippen molar-refractivity contribution >= 4 is 39.9 Å². The minimum atomic E-state index is -0.536. The number of nitrogens with two attached hydrogens (primary N) is 1. The van der Waals surface area contributed by atoms with Gasteiger partial charge in [-0.1, -0.05) is 44.2 Å². The van der Waals surface area contributed by atoms with Crippen molar-refractivity contribution in [2.24, 2.45) is 5.92 Å². The van der Waals surface area contributed by atoms with Crippen molar-refractivity contribution in [2.75, 3.05) is 17.6 Å². The molecule has 1 amide bonds. The van der Waals surface area contributed by atoms with Crippen LogP contribution >= 0.6 is 0 Å². The lowest BCUT2D eigenvalue weighted by atomic mass is 10.0. The van der Waals surface area contributed by atoms with Crippen LogP contribution in [0.25, 0.3) is 27.7 Å². The van der Waals surface area contributed by atoms with Crippen LogP contribution in [-0.2, 0) is 0 Å². The van der Waals surface area contributed by atoms with Gasteiger partial charge in [0.05, 0.1) is 11.1 Å². The Bertz CT molecular complexity index is 1860. The standard InChI is InChI=1S/C30H27FN8O2/c1-17(2)14-33-29(40)21-15-39-27(28(32)34-16-35-39)24(21)18-8-10-19(11-9-18)36-30-37-22-12-13-23(25(31)26(22)38-30)41-20-6-4-3-5-7-20/h3-13,15-17H,14H2,1-2H3,(H,33,40)(H2,32,34,35)(H2,36,37,38). The molecule has 0 aliphatic carbocycles. The van der Waals surface area contributed by atoms with E-state index in [9.17, 15) is 4.79 Å². The second kappa shape index (κ2) is 10.6. The quantitative estimate of drug-likeness (QED) is 0.185. The molecule has 0 radical (unpaired) electrons. The van der Waals surface area contributed by atoms with E-state index in [1.807, 2.05) is 56.3 Å². The number of amides is 1. The highest BCUT2D eigenvalue weighted by Crippen LogP contribution is 2.34. The zero-order valence-electron chi connectivity index (χ0n) is 22.4. The maximum Gasteiger partial charge on any atom is 0.253 e. The second-order valence-corrected chi connectivity index (χ2v) is 9.93. The van der Waals surface area contributed by atoms with Gasteiger partial charge in [-0.3, -0.25) is 4.79 Å². The van der Waals surface area contributed by atoms with Gasteiger partial charge in [-0.15, -0.1) is 0 Å². The van der Waals surface area contributed by atoms with Crippen LogP contribution in [0.1, 0.15) is 24.2 Å². The number of nitrogen functional groups attached to an aromatic ring is 1. The summed E-state index contributed by atoms with van der Waals surface area (Å²) in [6, 6.07) is 19.6. The number of nitrogens with zero attached hydrogens (tertiary/aromatic N) is 4. The predicted octanol–water partition coefficient (Wildman–Crippen LogP) is 5.92. The van der Waals surface area contributed by atoms with E-state index in [1.54, 1.807) is 35.0 Å². The van der Waals surface area contributed by atoms with E-state index in [2.05, 4.69) is 30.7 Å². The number of halogens is 1. The first kappa shape index (κ1) is 25.8. The number of para-hydroxylation sites is 1. The number of carbonyl (C=O) groups excluding carboxylic acids is 1. The highest BCUT2D eigenvalue weighted by molar-refractivity contribution is 6.07. The molecule has 11 heteroatoms. The van der Waals surface area contributed by atoms with E-state index < -0.39 is 5.82 Å². The molecule has 10 nitrogen and oxygen atoms in total. The Morgan fingerprint density at radius 1 is 1.10 bits per heavy atom. The monoisotopic (exact) mass is 550 g/mol. The van der Waals surface area contributed by atoms with Gasteiger partial charge in [0.2, 0.25) is 5.95 Å². The molecule has 3 aromatic carbocycles. The molecule has 206 valence electrons. The van der Waals surface area contributed by atoms with Gasteiger partial charge < -0.3 is 26.1 Å². The normalized spacial score (nSPS) is 11.3. The van der Waals surface area contributed by atoms with Crippen LogP contribution in [0.2, 0.25) is 0 Å². The molecule has 0 bridgehead atoms. The van der Waals surface area contributed by atoms with E-state index in [0.29, 0.717) is 52.0 Å². The van der Waals surface area contributed by atoms with Gasteiger partial charge in [0.25, 0.3) is 5.91 Å². The number of benzene rings is 3. The van der Waals surface area contributed by atoms with Crippen LogP contribution in [0.5, 0.6) is 11.5 Å². The lowest BCUT2D eigenvalue weighted by Gasteiger charge is -2.10. The lowest BCUT2D eigenvalue weighted by Crippen LogP contribution is -2.27. The minimum Gasteiger partial charge on any atom is -0.454 e. The summed E-state index contributed by atoms with van der Waals surface area (Å²) >= 11 is 0. The Kier molecular flexibility index (Phi) is 6.68. The minimum absolute atomic E-state index is 0.0968. The summed E-state index contributed by atoms with van der Waals surface area (Å²) < 4.78 is 22.5. The molecule has 41 heavy (non-hydrogen) atoms. The molecule has 5 N–H and O–H groups in total. The first-order valence-electron chi connectivity index (χ1n) is 13.1. The Morgan fingerprint density at radius 2 is 1.88 bits per heavy atom. The molecule has 0 saturated heterocycles.